The van der Waals surface area contributed by atoms with Gasteiger partial charge < -0.3 is 118 Å². The van der Waals surface area contributed by atoms with E-state index >= 15 is 0 Å². The number of amides is 9. The maximum atomic E-state index is 13.0. The van der Waals surface area contributed by atoms with Crippen LogP contribution >= 0.6 is 11.6 Å². The normalized spacial score (nSPS) is 14.3. The highest BCUT2D eigenvalue weighted by Crippen LogP contribution is 2.38. The van der Waals surface area contributed by atoms with Gasteiger partial charge in [0.15, 0.2) is 68.7 Å². The molecule has 36 nitrogen and oxygen atoms in total. The summed E-state index contributed by atoms with van der Waals surface area (Å²) in [6.45, 7) is 7.83. The average Bonchev–Trinajstić information content (AvgIpc) is 1.60. The highest BCUT2D eigenvalue weighted by Gasteiger charge is 2.40. The Bertz CT molecular complexity index is 6390. The molecule has 9 N–H and O–H groups in total. The van der Waals surface area contributed by atoms with E-state index in [9.17, 15) is 106 Å². The lowest BCUT2D eigenvalue weighted by Crippen LogP contribution is -2.39. The number of carbonyl (C=O) groups excluding carboxylic acids is 12. The summed E-state index contributed by atoms with van der Waals surface area (Å²) in [7, 11) is 6.59. The van der Waals surface area contributed by atoms with Gasteiger partial charge in [0.05, 0.1) is 38.0 Å². The second-order valence-corrected chi connectivity index (χ2v) is 33.4. The van der Waals surface area contributed by atoms with Gasteiger partial charge in [-0.1, -0.05) is 103 Å². The summed E-state index contributed by atoms with van der Waals surface area (Å²) in [5.74, 6) is -8.52. The molecule has 0 bridgehead atoms. The molecule has 0 saturated heterocycles. The molecule has 41 heteroatoms. The number of nitrogens with one attached hydrogen (secondary N) is 3. The van der Waals surface area contributed by atoms with Crippen LogP contribution in [0, 0.1) is 23.3 Å². The van der Waals surface area contributed by atoms with Gasteiger partial charge in [-0.2, -0.15) is 0 Å². The third kappa shape index (κ3) is 22.0. The van der Waals surface area contributed by atoms with Gasteiger partial charge in [0.1, 0.15) is 40.0 Å². The number of fused-ring (bicyclic) bond motifs is 6. The lowest BCUT2D eigenvalue weighted by Gasteiger charge is -2.28. The van der Waals surface area contributed by atoms with E-state index in [2.05, 4.69) is 30.2 Å². The van der Waals surface area contributed by atoms with Crippen molar-refractivity contribution in [3.05, 3.63) is 318 Å². The van der Waals surface area contributed by atoms with Crippen molar-refractivity contribution in [1.29, 1.82) is 0 Å². The molecule has 1 saturated carbocycles. The molecule has 0 atom stereocenters. The van der Waals surface area contributed by atoms with Crippen molar-refractivity contribution in [3.63, 3.8) is 0 Å². The van der Waals surface area contributed by atoms with Crippen LogP contribution in [0.25, 0.3) is 0 Å². The second-order valence-electron chi connectivity index (χ2n) is 33.0. The zero-order valence-electron chi connectivity index (χ0n) is 75.7. The Morgan fingerprint density at radius 1 is 0.309 bits per heavy atom. The zero-order valence-corrected chi connectivity index (χ0v) is 76.4. The molecule has 9 amide bonds. The third-order valence-corrected chi connectivity index (χ3v) is 24.1. The van der Waals surface area contributed by atoms with Gasteiger partial charge in [-0.15, -0.1) is 0 Å². The number of nitrogens with zero attached hydrogens (tertiary/aromatic N) is 12. The molecule has 1 fully saturated rings. The van der Waals surface area contributed by atoms with Crippen LogP contribution < -0.4 is 16.0 Å². The minimum absolute atomic E-state index is 0.000422. The molecule has 1 aliphatic carbocycles. The van der Waals surface area contributed by atoms with Crippen molar-refractivity contribution in [2.24, 2.45) is 0 Å². The van der Waals surface area contributed by atoms with Crippen molar-refractivity contribution in [2.45, 2.75) is 97.4 Å². The highest BCUT2D eigenvalue weighted by atomic mass is 35.5. The third-order valence-electron chi connectivity index (χ3n) is 23.9. The van der Waals surface area contributed by atoms with Crippen LogP contribution in [0.1, 0.15) is 171 Å². The summed E-state index contributed by atoms with van der Waals surface area (Å²) in [6.07, 6.45) is 10.7. The number of aromatic hydroxyl groups is 6. The van der Waals surface area contributed by atoms with Crippen molar-refractivity contribution in [1.82, 2.24) is 72.8 Å². The van der Waals surface area contributed by atoms with E-state index < -0.39 is 29.7 Å². The summed E-state index contributed by atoms with van der Waals surface area (Å²) >= 11 is 5.96. The van der Waals surface area contributed by atoms with Crippen LogP contribution in [0.4, 0.5) is 17.6 Å². The van der Waals surface area contributed by atoms with Crippen LogP contribution in [0.5, 0.6) is 34.5 Å². The maximum absolute atomic E-state index is 13.0. The van der Waals surface area contributed by atoms with Crippen molar-refractivity contribution in [2.75, 3.05) is 74.7 Å². The van der Waals surface area contributed by atoms with Crippen molar-refractivity contribution < 1.29 is 120 Å². The van der Waals surface area contributed by atoms with Gasteiger partial charge in [0.2, 0.25) is 0 Å². The van der Waals surface area contributed by atoms with E-state index in [-0.39, 0.29) is 173 Å². The van der Waals surface area contributed by atoms with E-state index in [4.69, 9.17) is 11.6 Å². The standard InChI is InChI=1S/C18H18FN3O3.C16H15ClN2O4.2C16H16FN3O3.C16H15FN2O4.C16H16N2O4/c19-12-3-1-11(2-4-12)9-22-8-7-21-10-14(16(23)15(21)18(22)25)17(24)20-13-5-6-13;1-23-16(22)12-9-18-5-6-19(15(21)13(18)14(12)20)8-10-3-2-4-11(17)7-10;2*1-18-15(22)12-9-19-6-7-20(16(23)13(19)14(12)21)8-10-2-4-11(17)5-3-10;1-23-16(22)12-9-18-6-7-19(15(21)13(18)14(12)20)8-10-2-4-11(17)5-3-10;1-22-16(21)12-10-17-7-8-18(15(20)13(17)14(12)19)9-11-5-3-2-4-6-11/h1-4,10,13,23H,5-9H2,(H,20,24);2-4,7,9,20H,5-6,8H2,1H3;2*2-5,9,21H,6-8H2,1H3,(H,18,22);2-5,9,20H,6-8H2,1H3;2-6,10,19H,7-9H2,1H3. The first-order valence-corrected chi connectivity index (χ1v) is 44.1. The Balaban J connectivity index is 0.000000133. The average molecular weight is 1930 g/mol. The predicted molar refractivity (Wildman–Crippen MR) is 490 cm³/mol. The van der Waals surface area contributed by atoms with Gasteiger partial charge in [-0.25, -0.2) is 31.9 Å². The zero-order chi connectivity index (χ0) is 99.5. The predicted octanol–water partition coefficient (Wildman–Crippen LogP) is 10.3. The summed E-state index contributed by atoms with van der Waals surface area (Å²) < 4.78 is 75.2. The first kappa shape index (κ1) is 98.4. The fourth-order valence-electron chi connectivity index (χ4n) is 16.4. The smallest absolute Gasteiger partial charge is 0.343 e. The Morgan fingerprint density at radius 2 is 0.532 bits per heavy atom. The van der Waals surface area contributed by atoms with E-state index in [1.165, 1.54) is 121 Å². The number of carbonyl (C=O) groups is 12. The molecule has 6 aromatic heterocycles. The molecular weight excluding hydrogens is 1830 g/mol. The molecule has 0 unspecified atom stereocenters. The molecule has 0 spiro atoms. The molecule has 12 heterocycles. The lowest BCUT2D eigenvalue weighted by molar-refractivity contribution is 0.0588. The van der Waals surface area contributed by atoms with Gasteiger partial charge >= 0.3 is 17.9 Å². The van der Waals surface area contributed by atoms with Gasteiger partial charge in [0, 0.05) is 180 Å². The minimum atomic E-state index is -0.692. The van der Waals surface area contributed by atoms with Crippen LogP contribution in [0.15, 0.2) is 189 Å². The molecule has 0 radical (unpaired) electrons. The second kappa shape index (κ2) is 43.0. The molecule has 6 aromatic carbocycles. The summed E-state index contributed by atoms with van der Waals surface area (Å²) in [6, 6.07) is 40.8. The molecule has 724 valence electrons. The Morgan fingerprint density at radius 3 is 0.770 bits per heavy atom. The number of aromatic nitrogens is 6. The van der Waals surface area contributed by atoms with Crippen LogP contribution in [-0.2, 0) is 92.7 Å². The number of ether oxygens (including phenoxy) is 3. The Hall–Kier alpha value is -16.6. The first-order chi connectivity index (χ1) is 66.7. The monoisotopic (exact) mass is 1930 g/mol. The van der Waals surface area contributed by atoms with Gasteiger partial charge in [-0.05, 0) is 107 Å². The number of methoxy groups -OCH3 is 3. The van der Waals surface area contributed by atoms with Crippen LogP contribution in [0.2, 0.25) is 5.02 Å². The molecule has 12 aromatic rings. The topological polar surface area (TPSA) is 439 Å². The fourth-order valence-corrected chi connectivity index (χ4v) is 16.6. The van der Waals surface area contributed by atoms with Crippen molar-refractivity contribution >= 4 is 82.7 Å². The van der Waals surface area contributed by atoms with Crippen molar-refractivity contribution in [3.8, 4) is 34.5 Å². The fraction of sp³-hybridized carbons (Fsp3) is 0.265. The molecule has 19 rings (SSSR count). The number of hydrogen-bond donors (Lipinski definition) is 9. The Labute approximate surface area is 796 Å². The number of esters is 3. The number of hydrogen-bond acceptors (Lipinski definition) is 21. The van der Waals surface area contributed by atoms with Gasteiger partial charge in [0.25, 0.3) is 53.2 Å². The maximum Gasteiger partial charge on any atom is 0.343 e. The molecule has 6 aliphatic heterocycles. The summed E-state index contributed by atoms with van der Waals surface area (Å²) in [4.78, 5) is 156. The minimum Gasteiger partial charge on any atom is -0.505 e. The molecule has 7 aliphatic rings. The lowest BCUT2D eigenvalue weighted by atomic mass is 10.1. The molecular formula is C98H96ClF4N15O21. The van der Waals surface area contributed by atoms with E-state index in [1.807, 2.05) is 42.5 Å². The largest absolute Gasteiger partial charge is 0.505 e. The van der Waals surface area contributed by atoms with E-state index in [0.717, 1.165) is 46.2 Å². The SMILES string of the molecule is CNC(=O)c1cn2c(c1O)C(=O)N(Cc1ccc(F)cc1)CC2.CNC(=O)c1cn2c(c1O)C(=O)N(Cc1ccc(F)cc1)CC2.COC(=O)c1cn2c(c1O)C(=O)N(Cc1ccc(F)cc1)CC2.COC(=O)c1cn2c(c1O)C(=O)N(Cc1cccc(Cl)c1)CC2.COC(=O)c1cn2c(c1O)C(=O)N(Cc1ccccc1)CC2.O=C(NC1CC1)c1cn2c(c1O)C(=O)N(Cc1ccc(F)cc1)CC2. The number of benzene rings is 6. The van der Waals surface area contributed by atoms with E-state index in [0.29, 0.717) is 123 Å². The molecule has 139 heavy (non-hydrogen) atoms. The highest BCUT2D eigenvalue weighted by molar-refractivity contribution is 6.30. The summed E-state index contributed by atoms with van der Waals surface area (Å²) in [5, 5.41) is 69.5. The summed E-state index contributed by atoms with van der Waals surface area (Å²) in [5.41, 5.74) is 6.07. The first-order valence-electron chi connectivity index (χ1n) is 43.7. The Kier molecular flexibility index (Phi) is 30.4. The number of halogens is 5. The van der Waals surface area contributed by atoms with Gasteiger partial charge in [-0.3, -0.25) is 43.2 Å². The number of rotatable bonds is 19. The quantitative estimate of drug-likeness (QED) is 0.0206. The van der Waals surface area contributed by atoms with Crippen LogP contribution in [-0.4, -0.2) is 239 Å². The van der Waals surface area contributed by atoms with Crippen LogP contribution in [0.3, 0.4) is 0 Å². The van der Waals surface area contributed by atoms with E-state index in [1.54, 1.807) is 117 Å².